The van der Waals surface area contributed by atoms with E-state index in [2.05, 4.69) is 42.6 Å². The van der Waals surface area contributed by atoms with Gasteiger partial charge in [0.2, 0.25) is 17.8 Å². The van der Waals surface area contributed by atoms with Crippen LogP contribution in [0.5, 0.6) is 0 Å². The predicted octanol–water partition coefficient (Wildman–Crippen LogP) is 3.81. The van der Waals surface area contributed by atoms with Gasteiger partial charge in [0.25, 0.3) is 0 Å². The third-order valence-corrected chi connectivity index (χ3v) is 10.3. The van der Waals surface area contributed by atoms with Crippen LogP contribution in [0.1, 0.15) is 50.6 Å². The van der Waals surface area contributed by atoms with E-state index < -0.39 is 12.0 Å². The first-order chi connectivity index (χ1) is 24.0. The molecule has 2 fully saturated rings. The Balaban J connectivity index is 1.04. The molecule has 262 valence electrons. The molecule has 2 aromatic carbocycles. The summed E-state index contributed by atoms with van der Waals surface area (Å²) in [7, 11) is 5.63. The lowest BCUT2D eigenvalue weighted by Gasteiger charge is -2.38. The molecule has 0 bridgehead atoms. The fourth-order valence-corrected chi connectivity index (χ4v) is 7.27. The molecule has 5 aromatic rings. The second kappa shape index (κ2) is 13.4. The van der Waals surface area contributed by atoms with Crippen molar-refractivity contribution in [2.45, 2.75) is 63.6 Å². The first-order valence-corrected chi connectivity index (χ1v) is 17.3. The number of amides is 2. The number of aromatic nitrogens is 6. The molecule has 2 aliphatic heterocycles. The lowest BCUT2D eigenvalue weighted by Crippen LogP contribution is -2.44. The van der Waals surface area contributed by atoms with Gasteiger partial charge in [0, 0.05) is 70.0 Å². The molecule has 0 spiro atoms. The molecule has 0 aliphatic carbocycles. The SMILES string of the molecule is C[C@H](O)CCn1c(=O)n(C)c2ccc(Nc3nc(N(C)C4CCN(c5ccc6c(C7CCC(=O)NC7=O)nn(C)c6c5)CC4)ncc3Cl)cc21. The Hall–Kier alpha value is -4.95. The number of carbonyl (C=O) groups is 2. The van der Waals surface area contributed by atoms with E-state index in [0.29, 0.717) is 48.3 Å². The molecule has 2 amide bonds. The van der Waals surface area contributed by atoms with Crippen LogP contribution in [0.15, 0.2) is 47.4 Å². The van der Waals surface area contributed by atoms with E-state index in [-0.39, 0.29) is 23.5 Å². The number of nitrogens with one attached hydrogen (secondary N) is 2. The maximum Gasteiger partial charge on any atom is 0.328 e. The number of hydrogen-bond donors (Lipinski definition) is 3. The maximum atomic E-state index is 12.9. The number of aryl methyl sites for hydroxylation is 3. The van der Waals surface area contributed by atoms with Crippen molar-refractivity contribution in [3.8, 4) is 0 Å². The van der Waals surface area contributed by atoms with Crippen molar-refractivity contribution in [2.24, 2.45) is 14.1 Å². The monoisotopic (exact) mass is 700 g/mol. The molecule has 1 unspecified atom stereocenters. The van der Waals surface area contributed by atoms with Crippen molar-refractivity contribution < 1.29 is 14.7 Å². The number of nitrogens with zero attached hydrogens (tertiary/aromatic N) is 8. The van der Waals surface area contributed by atoms with Crippen LogP contribution in [-0.4, -0.2) is 78.1 Å². The number of imidazole rings is 1. The van der Waals surface area contributed by atoms with Crippen LogP contribution in [0.4, 0.5) is 23.1 Å². The van der Waals surface area contributed by atoms with Crippen molar-refractivity contribution in [1.29, 1.82) is 0 Å². The number of rotatable bonds is 9. The zero-order chi connectivity index (χ0) is 35.3. The minimum absolute atomic E-state index is 0.135. The van der Waals surface area contributed by atoms with Crippen molar-refractivity contribution in [3.05, 3.63) is 63.8 Å². The quantitative estimate of drug-likeness (QED) is 0.193. The molecular formula is C35H41ClN10O4. The molecule has 0 radical (unpaired) electrons. The van der Waals surface area contributed by atoms with Gasteiger partial charge in [-0.05, 0) is 69.0 Å². The first kappa shape index (κ1) is 33.5. The summed E-state index contributed by atoms with van der Waals surface area (Å²) in [6.07, 6.45) is 4.12. The Labute approximate surface area is 293 Å². The number of hydrogen-bond acceptors (Lipinski definition) is 10. The highest BCUT2D eigenvalue weighted by Crippen LogP contribution is 2.34. The average molecular weight is 701 g/mol. The second-order valence-corrected chi connectivity index (χ2v) is 13.8. The summed E-state index contributed by atoms with van der Waals surface area (Å²) in [5, 5.41) is 21.6. The molecule has 3 N–H and O–H groups in total. The number of imide groups is 1. The fraction of sp³-hybridized carbons (Fsp3) is 0.429. The van der Waals surface area contributed by atoms with Crippen LogP contribution < -0.4 is 26.1 Å². The highest BCUT2D eigenvalue weighted by Gasteiger charge is 2.32. The Kier molecular flexibility index (Phi) is 8.99. The molecule has 0 saturated carbocycles. The summed E-state index contributed by atoms with van der Waals surface area (Å²) in [6, 6.07) is 12.1. The van der Waals surface area contributed by atoms with Crippen LogP contribution in [0.3, 0.4) is 0 Å². The number of anilines is 4. The van der Waals surface area contributed by atoms with Crippen LogP contribution in [-0.2, 0) is 30.2 Å². The molecule has 2 saturated heterocycles. The molecule has 5 heterocycles. The van der Waals surface area contributed by atoms with E-state index in [0.717, 1.165) is 59.2 Å². The summed E-state index contributed by atoms with van der Waals surface area (Å²) < 4.78 is 5.10. The first-order valence-electron chi connectivity index (χ1n) is 16.9. The van der Waals surface area contributed by atoms with Gasteiger partial charge in [0.1, 0.15) is 5.02 Å². The molecule has 50 heavy (non-hydrogen) atoms. The fourth-order valence-electron chi connectivity index (χ4n) is 7.13. The number of piperidine rings is 2. The van der Waals surface area contributed by atoms with Gasteiger partial charge in [0.15, 0.2) is 5.82 Å². The second-order valence-electron chi connectivity index (χ2n) is 13.4. The third-order valence-electron chi connectivity index (χ3n) is 10.0. The van der Waals surface area contributed by atoms with Gasteiger partial charge in [0.05, 0.1) is 40.5 Å². The zero-order valence-corrected chi connectivity index (χ0v) is 29.3. The molecule has 15 heteroatoms. The average Bonchev–Trinajstić information content (AvgIpc) is 3.55. The number of aliphatic hydroxyl groups excluding tert-OH is 1. The van der Waals surface area contributed by atoms with E-state index in [4.69, 9.17) is 16.6 Å². The van der Waals surface area contributed by atoms with E-state index in [1.54, 1.807) is 29.3 Å². The number of halogens is 1. The van der Waals surface area contributed by atoms with Gasteiger partial charge >= 0.3 is 5.69 Å². The highest BCUT2D eigenvalue weighted by atomic mass is 35.5. The number of aliphatic hydroxyl groups is 1. The number of carbonyl (C=O) groups excluding carboxylic acids is 2. The van der Waals surface area contributed by atoms with Gasteiger partial charge in [-0.15, -0.1) is 0 Å². The molecule has 2 aliphatic rings. The van der Waals surface area contributed by atoms with Crippen LogP contribution in [0.25, 0.3) is 21.9 Å². The molecule has 7 rings (SSSR count). The molecule has 14 nitrogen and oxygen atoms in total. The van der Waals surface area contributed by atoms with Gasteiger partial charge in [-0.1, -0.05) is 11.6 Å². The topological polar surface area (TPSA) is 155 Å². The van der Waals surface area contributed by atoms with Crippen molar-refractivity contribution in [2.75, 3.05) is 35.3 Å². The van der Waals surface area contributed by atoms with Gasteiger partial charge < -0.3 is 20.2 Å². The Bertz CT molecular complexity index is 2160. The Morgan fingerprint density at radius 3 is 2.58 bits per heavy atom. The lowest BCUT2D eigenvalue weighted by atomic mass is 9.92. The van der Waals surface area contributed by atoms with Crippen molar-refractivity contribution in [1.82, 2.24) is 34.2 Å². The summed E-state index contributed by atoms with van der Waals surface area (Å²) >= 11 is 6.56. The van der Waals surface area contributed by atoms with Crippen molar-refractivity contribution in [3.63, 3.8) is 0 Å². The normalized spacial score (nSPS) is 17.8. The number of fused-ring (bicyclic) bond motifs is 2. The smallest absolute Gasteiger partial charge is 0.328 e. The third kappa shape index (κ3) is 6.29. The summed E-state index contributed by atoms with van der Waals surface area (Å²) in [4.78, 5) is 50.9. The zero-order valence-electron chi connectivity index (χ0n) is 28.6. The van der Waals surface area contributed by atoms with Crippen LogP contribution in [0, 0.1) is 0 Å². The largest absolute Gasteiger partial charge is 0.393 e. The predicted molar refractivity (Wildman–Crippen MR) is 193 cm³/mol. The molecule has 3 aromatic heterocycles. The standard InChI is InChI=1S/C35H41ClN10O4/c1-20(47)11-16-46-29-17-21(5-9-27(29)43(3)35(46)50)38-32-26(36)19-37-34(40-32)42(2)22-12-14-45(15-13-22)23-6-7-24-28(18-23)44(4)41-31(24)25-8-10-30(48)39-33(25)49/h5-7,9,17-20,22,25,47H,8,10-16H2,1-4H3,(H,37,38,40)(H,39,48,49)/t20-,25?/m0/s1. The number of benzene rings is 2. The van der Waals surface area contributed by atoms with E-state index in [1.165, 1.54) is 0 Å². The summed E-state index contributed by atoms with van der Waals surface area (Å²) in [5.74, 6) is 0.0761. The van der Waals surface area contributed by atoms with E-state index in [9.17, 15) is 19.5 Å². The van der Waals surface area contributed by atoms with Gasteiger partial charge in [-0.2, -0.15) is 10.1 Å². The Morgan fingerprint density at radius 2 is 1.84 bits per heavy atom. The minimum atomic E-state index is -0.515. The van der Waals surface area contributed by atoms with Crippen LogP contribution in [0.2, 0.25) is 5.02 Å². The van der Waals surface area contributed by atoms with E-state index >= 15 is 0 Å². The lowest BCUT2D eigenvalue weighted by molar-refractivity contribution is -0.134. The maximum absolute atomic E-state index is 12.9. The van der Waals surface area contributed by atoms with Crippen molar-refractivity contribution >= 4 is 68.5 Å². The summed E-state index contributed by atoms with van der Waals surface area (Å²) in [6.45, 7) is 3.79. The van der Waals surface area contributed by atoms with E-state index in [1.807, 2.05) is 43.0 Å². The minimum Gasteiger partial charge on any atom is -0.393 e. The Morgan fingerprint density at radius 1 is 1.06 bits per heavy atom. The highest BCUT2D eigenvalue weighted by molar-refractivity contribution is 6.33. The molecular weight excluding hydrogens is 660 g/mol. The van der Waals surface area contributed by atoms with Crippen LogP contribution >= 0.6 is 11.6 Å². The molecule has 2 atom stereocenters. The summed E-state index contributed by atoms with van der Waals surface area (Å²) in [5.41, 5.74) is 4.90. The van der Waals surface area contributed by atoms with Gasteiger partial charge in [-0.3, -0.25) is 28.7 Å². The van der Waals surface area contributed by atoms with Gasteiger partial charge in [-0.25, -0.2) is 9.78 Å².